The summed E-state index contributed by atoms with van der Waals surface area (Å²) in [4.78, 5) is 35.5. The predicted octanol–water partition coefficient (Wildman–Crippen LogP) is 2.18. The van der Waals surface area contributed by atoms with Gasteiger partial charge >= 0.3 is 11.9 Å². The van der Waals surface area contributed by atoms with Crippen molar-refractivity contribution in [2.75, 3.05) is 14.2 Å². The molecule has 25 heavy (non-hydrogen) atoms. The molecule has 0 saturated carbocycles. The Hall–Kier alpha value is -3.16. The lowest BCUT2D eigenvalue weighted by molar-refractivity contribution is -0.385. The van der Waals surface area contributed by atoms with Crippen molar-refractivity contribution in [1.29, 1.82) is 0 Å². The second-order valence-electron chi connectivity index (χ2n) is 5.22. The molecule has 0 aromatic heterocycles. The number of rotatable bonds is 5. The summed E-state index contributed by atoms with van der Waals surface area (Å²) in [7, 11) is 2.42. The van der Waals surface area contributed by atoms with E-state index in [0.29, 0.717) is 12.1 Å². The number of methoxy groups -OCH3 is 2. The van der Waals surface area contributed by atoms with Crippen LogP contribution in [0, 0.1) is 10.1 Å². The molecule has 1 N–H and O–H groups in total. The molecular formula is C17H18N2O6. The molecule has 1 heterocycles. The molecule has 0 aliphatic carbocycles. The van der Waals surface area contributed by atoms with Crippen LogP contribution in [-0.4, -0.2) is 31.1 Å². The molecular weight excluding hydrogens is 328 g/mol. The number of hydrogen-bond donors (Lipinski definition) is 1. The van der Waals surface area contributed by atoms with Crippen LogP contribution in [0.15, 0.2) is 47.3 Å². The summed E-state index contributed by atoms with van der Waals surface area (Å²) in [5.74, 6) is -2.31. The van der Waals surface area contributed by atoms with Crippen LogP contribution in [0.25, 0.3) is 0 Å². The molecule has 0 radical (unpaired) electrons. The summed E-state index contributed by atoms with van der Waals surface area (Å²) in [6.45, 7) is 1.82. The molecule has 1 aliphatic rings. The number of nitrogens with zero attached hydrogens (tertiary/aromatic N) is 1. The number of dihydropyridines is 1. The number of carbonyl (C=O) groups excluding carboxylic acids is 2. The van der Waals surface area contributed by atoms with Crippen LogP contribution >= 0.6 is 0 Å². The third-order valence-electron chi connectivity index (χ3n) is 3.95. The fraction of sp³-hybridized carbons (Fsp3) is 0.294. The molecule has 1 unspecified atom stereocenters. The van der Waals surface area contributed by atoms with E-state index in [1.165, 1.54) is 38.6 Å². The standard InChI is InChI=1S/C17H18N2O6/c1-4-12-15(17(21)25-3)14(11(9-18-12)16(20)24-2)10-7-5-6-8-13(10)19(22)23/h5-9,14,18H,4H2,1-3H3. The van der Waals surface area contributed by atoms with Crippen molar-refractivity contribution in [3.05, 3.63) is 63.0 Å². The Balaban J connectivity index is 2.75. The van der Waals surface area contributed by atoms with E-state index in [2.05, 4.69) is 5.32 Å². The third-order valence-corrected chi connectivity index (χ3v) is 3.95. The lowest BCUT2D eigenvalue weighted by Gasteiger charge is -2.27. The molecule has 1 aromatic rings. The average molecular weight is 346 g/mol. The van der Waals surface area contributed by atoms with E-state index in [1.54, 1.807) is 6.07 Å². The van der Waals surface area contributed by atoms with Gasteiger partial charge in [-0.3, -0.25) is 10.1 Å². The van der Waals surface area contributed by atoms with Crippen molar-refractivity contribution in [1.82, 2.24) is 5.32 Å². The van der Waals surface area contributed by atoms with Gasteiger partial charge in [-0.15, -0.1) is 0 Å². The van der Waals surface area contributed by atoms with Gasteiger partial charge in [0, 0.05) is 23.5 Å². The van der Waals surface area contributed by atoms with E-state index in [-0.39, 0.29) is 22.4 Å². The number of benzene rings is 1. The minimum atomic E-state index is -0.960. The molecule has 0 fully saturated rings. The maximum absolute atomic E-state index is 12.4. The maximum Gasteiger partial charge on any atom is 0.336 e. The lowest BCUT2D eigenvalue weighted by atomic mass is 9.80. The Morgan fingerprint density at radius 2 is 1.84 bits per heavy atom. The molecule has 0 amide bonds. The minimum Gasteiger partial charge on any atom is -0.466 e. The highest BCUT2D eigenvalue weighted by atomic mass is 16.6. The Morgan fingerprint density at radius 3 is 2.40 bits per heavy atom. The van der Waals surface area contributed by atoms with Crippen LogP contribution < -0.4 is 5.32 Å². The number of allylic oxidation sites excluding steroid dienone is 1. The van der Waals surface area contributed by atoms with Gasteiger partial charge in [0.1, 0.15) is 0 Å². The van der Waals surface area contributed by atoms with Gasteiger partial charge < -0.3 is 14.8 Å². The number of nitrogens with one attached hydrogen (secondary N) is 1. The monoisotopic (exact) mass is 346 g/mol. The highest BCUT2D eigenvalue weighted by Crippen LogP contribution is 2.41. The lowest BCUT2D eigenvalue weighted by Crippen LogP contribution is -2.30. The summed E-state index contributed by atoms with van der Waals surface area (Å²) in [5, 5.41) is 14.3. The van der Waals surface area contributed by atoms with Crippen molar-refractivity contribution < 1.29 is 24.0 Å². The molecule has 2 rings (SSSR count). The topological polar surface area (TPSA) is 108 Å². The Bertz CT molecular complexity index is 781. The molecule has 132 valence electrons. The van der Waals surface area contributed by atoms with Gasteiger partial charge in [0.05, 0.1) is 36.2 Å². The number of nitro groups is 1. The summed E-state index contributed by atoms with van der Waals surface area (Å²) in [6.07, 6.45) is 1.87. The quantitative estimate of drug-likeness (QED) is 0.494. The van der Waals surface area contributed by atoms with Crippen molar-refractivity contribution in [3.63, 3.8) is 0 Å². The molecule has 0 spiro atoms. The molecule has 0 saturated heterocycles. The summed E-state index contributed by atoms with van der Waals surface area (Å²) in [5.41, 5.74) is 0.803. The summed E-state index contributed by atoms with van der Waals surface area (Å²) in [6, 6.07) is 5.97. The molecule has 1 aliphatic heterocycles. The number of hydrogen-bond acceptors (Lipinski definition) is 7. The van der Waals surface area contributed by atoms with E-state index in [0.717, 1.165) is 0 Å². The van der Waals surface area contributed by atoms with Gasteiger partial charge in [0.25, 0.3) is 5.69 Å². The zero-order valence-corrected chi connectivity index (χ0v) is 14.1. The SMILES string of the molecule is CCC1=C(C(=O)OC)C(c2ccccc2[N+](=O)[O-])C(C(=O)OC)=CN1. The number of carbonyl (C=O) groups is 2. The van der Waals surface area contributed by atoms with Crippen molar-refractivity contribution in [2.24, 2.45) is 0 Å². The minimum absolute atomic E-state index is 0.0920. The normalized spacial score (nSPS) is 16.6. The zero-order valence-electron chi connectivity index (χ0n) is 14.1. The van der Waals surface area contributed by atoms with E-state index >= 15 is 0 Å². The fourth-order valence-corrected chi connectivity index (χ4v) is 2.81. The van der Waals surface area contributed by atoms with Crippen LogP contribution in [-0.2, 0) is 19.1 Å². The first-order chi connectivity index (χ1) is 12.0. The van der Waals surface area contributed by atoms with Crippen molar-refractivity contribution in [2.45, 2.75) is 19.3 Å². The number of nitro benzene ring substituents is 1. The van der Waals surface area contributed by atoms with Crippen LogP contribution in [0.1, 0.15) is 24.8 Å². The molecule has 8 nitrogen and oxygen atoms in total. The Morgan fingerprint density at radius 1 is 1.20 bits per heavy atom. The van der Waals surface area contributed by atoms with E-state index < -0.39 is 22.8 Å². The maximum atomic E-state index is 12.4. The van der Waals surface area contributed by atoms with Gasteiger partial charge in [0.15, 0.2) is 0 Å². The molecule has 1 atom stereocenters. The average Bonchev–Trinajstić information content (AvgIpc) is 2.65. The van der Waals surface area contributed by atoms with Crippen LogP contribution in [0.2, 0.25) is 0 Å². The zero-order chi connectivity index (χ0) is 18.6. The first-order valence-electron chi connectivity index (χ1n) is 7.55. The molecule has 0 bridgehead atoms. The van der Waals surface area contributed by atoms with Crippen molar-refractivity contribution in [3.8, 4) is 0 Å². The van der Waals surface area contributed by atoms with Gasteiger partial charge in [-0.25, -0.2) is 9.59 Å². The predicted molar refractivity (Wildman–Crippen MR) is 88.4 cm³/mol. The summed E-state index contributed by atoms with van der Waals surface area (Å²) >= 11 is 0. The number of esters is 2. The van der Waals surface area contributed by atoms with Gasteiger partial charge in [-0.1, -0.05) is 25.1 Å². The van der Waals surface area contributed by atoms with Gasteiger partial charge in [0.2, 0.25) is 0 Å². The Kier molecular flexibility index (Phi) is 5.53. The fourth-order valence-electron chi connectivity index (χ4n) is 2.81. The number of para-hydroxylation sites is 1. The largest absolute Gasteiger partial charge is 0.466 e. The molecule has 8 heteroatoms. The van der Waals surface area contributed by atoms with Crippen LogP contribution in [0.4, 0.5) is 5.69 Å². The second kappa shape index (κ2) is 7.61. The van der Waals surface area contributed by atoms with E-state index in [9.17, 15) is 19.7 Å². The van der Waals surface area contributed by atoms with E-state index in [4.69, 9.17) is 9.47 Å². The first kappa shape index (κ1) is 18.2. The van der Waals surface area contributed by atoms with Gasteiger partial charge in [-0.05, 0) is 6.42 Å². The summed E-state index contributed by atoms with van der Waals surface area (Å²) < 4.78 is 9.63. The Labute approximate surface area is 144 Å². The van der Waals surface area contributed by atoms with Crippen LogP contribution in [0.3, 0.4) is 0 Å². The second-order valence-corrected chi connectivity index (χ2v) is 5.22. The molecule has 1 aromatic carbocycles. The highest BCUT2D eigenvalue weighted by Gasteiger charge is 2.39. The highest BCUT2D eigenvalue weighted by molar-refractivity contribution is 5.99. The van der Waals surface area contributed by atoms with Gasteiger partial charge in [-0.2, -0.15) is 0 Å². The first-order valence-corrected chi connectivity index (χ1v) is 7.55. The third kappa shape index (κ3) is 3.37. The van der Waals surface area contributed by atoms with Crippen molar-refractivity contribution >= 4 is 17.6 Å². The smallest absolute Gasteiger partial charge is 0.336 e. The number of ether oxygens (including phenoxy) is 2. The van der Waals surface area contributed by atoms with Crippen LogP contribution in [0.5, 0.6) is 0 Å². The van der Waals surface area contributed by atoms with E-state index in [1.807, 2.05) is 6.92 Å².